The summed E-state index contributed by atoms with van der Waals surface area (Å²) in [6.07, 6.45) is 0.704. The minimum Gasteiger partial charge on any atom is -0.484 e. The van der Waals surface area contributed by atoms with Crippen molar-refractivity contribution >= 4 is 45.0 Å². The van der Waals surface area contributed by atoms with E-state index in [0.717, 1.165) is 29.5 Å². The first-order chi connectivity index (χ1) is 13.8. The van der Waals surface area contributed by atoms with E-state index in [1.54, 1.807) is 6.07 Å². The fourth-order valence-corrected chi connectivity index (χ4v) is 3.91. The molecule has 3 rings (SSSR count). The van der Waals surface area contributed by atoms with Gasteiger partial charge in [0.25, 0.3) is 5.91 Å². The molecule has 0 unspecified atom stereocenters. The molecule has 1 amide bonds. The van der Waals surface area contributed by atoms with Crippen LogP contribution in [0.1, 0.15) is 12.0 Å². The van der Waals surface area contributed by atoms with Gasteiger partial charge in [0.05, 0.1) is 4.70 Å². The Bertz CT molecular complexity index is 1010. The molecule has 0 spiro atoms. The van der Waals surface area contributed by atoms with E-state index in [9.17, 15) is 13.6 Å². The number of benzene rings is 2. The third kappa shape index (κ3) is 6.10. The Morgan fingerprint density at radius 1 is 1.17 bits per heavy atom. The van der Waals surface area contributed by atoms with E-state index in [0.29, 0.717) is 28.5 Å². The van der Waals surface area contributed by atoms with Gasteiger partial charge in [0, 0.05) is 12.6 Å². The minimum absolute atomic E-state index is 0. The van der Waals surface area contributed by atoms with Crippen LogP contribution in [0.4, 0.5) is 13.9 Å². The number of carbonyl (C=O) groups is 1. The zero-order valence-electron chi connectivity index (χ0n) is 17.0. The number of rotatable bonds is 8. The standard InChI is InChI=1S/C21H23F2N3O2S.ClH/c1-14-6-4-7-16(10-14)28-13-19(27)26(9-5-8-25(2)3)21-24-20-17(23)11-15(22)12-18(20)29-21;/h4,6-7,10-12H,5,8-9,13H2,1-3H3;1H. The van der Waals surface area contributed by atoms with Gasteiger partial charge in [-0.25, -0.2) is 13.8 Å². The quantitative estimate of drug-likeness (QED) is 0.495. The molecule has 1 aromatic heterocycles. The van der Waals surface area contributed by atoms with Crippen LogP contribution < -0.4 is 9.64 Å². The van der Waals surface area contributed by atoms with Gasteiger partial charge in [0.1, 0.15) is 17.1 Å². The van der Waals surface area contributed by atoms with Gasteiger partial charge in [0.2, 0.25) is 0 Å². The first-order valence-electron chi connectivity index (χ1n) is 9.23. The first-order valence-corrected chi connectivity index (χ1v) is 10.1. The Labute approximate surface area is 184 Å². The second-order valence-corrected chi connectivity index (χ2v) is 8.05. The highest BCUT2D eigenvalue weighted by Crippen LogP contribution is 2.31. The molecule has 2 aromatic carbocycles. The lowest BCUT2D eigenvalue weighted by molar-refractivity contribution is -0.120. The number of aryl methyl sites for hydroxylation is 1. The van der Waals surface area contributed by atoms with E-state index >= 15 is 0 Å². The molecular formula is C21H24ClF2N3O2S. The smallest absolute Gasteiger partial charge is 0.266 e. The number of ether oxygens (including phenoxy) is 1. The molecule has 0 aliphatic carbocycles. The van der Waals surface area contributed by atoms with Gasteiger partial charge < -0.3 is 9.64 Å². The van der Waals surface area contributed by atoms with Crippen molar-refractivity contribution in [2.24, 2.45) is 0 Å². The summed E-state index contributed by atoms with van der Waals surface area (Å²) in [6.45, 7) is 2.95. The van der Waals surface area contributed by atoms with Crippen LogP contribution >= 0.6 is 23.7 Å². The molecule has 0 N–H and O–H groups in total. The number of anilines is 1. The lowest BCUT2D eigenvalue weighted by Crippen LogP contribution is -2.36. The molecule has 0 bridgehead atoms. The summed E-state index contributed by atoms with van der Waals surface area (Å²) in [7, 11) is 3.89. The molecule has 0 fully saturated rings. The van der Waals surface area contributed by atoms with E-state index < -0.39 is 11.6 Å². The van der Waals surface area contributed by atoms with Crippen molar-refractivity contribution in [1.82, 2.24) is 9.88 Å². The minimum atomic E-state index is -0.737. The Morgan fingerprint density at radius 2 is 1.93 bits per heavy atom. The number of nitrogens with zero attached hydrogens (tertiary/aromatic N) is 3. The molecule has 1 heterocycles. The van der Waals surface area contributed by atoms with Gasteiger partial charge in [-0.3, -0.25) is 9.69 Å². The Kier molecular flexibility index (Phi) is 8.52. The van der Waals surface area contributed by atoms with Crippen molar-refractivity contribution in [1.29, 1.82) is 0 Å². The first kappa shape index (κ1) is 24.0. The number of carbonyl (C=O) groups excluding carboxylic acids is 1. The monoisotopic (exact) mass is 455 g/mol. The molecule has 0 aliphatic rings. The van der Waals surface area contributed by atoms with Crippen molar-refractivity contribution in [2.75, 3.05) is 38.7 Å². The van der Waals surface area contributed by atoms with Gasteiger partial charge in [-0.2, -0.15) is 0 Å². The molecule has 0 aliphatic heterocycles. The molecule has 0 saturated carbocycles. The summed E-state index contributed by atoms with van der Waals surface area (Å²) in [4.78, 5) is 20.6. The van der Waals surface area contributed by atoms with Crippen molar-refractivity contribution in [3.63, 3.8) is 0 Å². The van der Waals surface area contributed by atoms with Crippen LogP contribution in [0.2, 0.25) is 0 Å². The summed E-state index contributed by atoms with van der Waals surface area (Å²) < 4.78 is 33.6. The molecule has 162 valence electrons. The van der Waals surface area contributed by atoms with Crippen LogP contribution in [-0.2, 0) is 4.79 Å². The van der Waals surface area contributed by atoms with E-state index in [1.165, 1.54) is 11.0 Å². The maximum Gasteiger partial charge on any atom is 0.266 e. The average molecular weight is 456 g/mol. The van der Waals surface area contributed by atoms with Crippen molar-refractivity contribution in [3.8, 4) is 5.75 Å². The van der Waals surface area contributed by atoms with Crippen molar-refractivity contribution in [2.45, 2.75) is 13.3 Å². The Morgan fingerprint density at radius 3 is 2.63 bits per heavy atom. The number of thiazole rings is 1. The summed E-state index contributed by atoms with van der Waals surface area (Å²) in [5.41, 5.74) is 1.10. The molecule has 9 heteroatoms. The molecule has 0 atom stereocenters. The highest BCUT2D eigenvalue weighted by molar-refractivity contribution is 7.22. The molecule has 0 radical (unpaired) electrons. The normalized spacial score (nSPS) is 10.9. The lowest BCUT2D eigenvalue weighted by Gasteiger charge is -2.21. The van der Waals surface area contributed by atoms with E-state index in [2.05, 4.69) is 4.98 Å². The Hall–Kier alpha value is -2.29. The predicted molar refractivity (Wildman–Crippen MR) is 119 cm³/mol. The Balaban J connectivity index is 0.00000320. The summed E-state index contributed by atoms with van der Waals surface area (Å²) >= 11 is 1.09. The van der Waals surface area contributed by atoms with Gasteiger partial charge in [-0.15, -0.1) is 12.4 Å². The zero-order chi connectivity index (χ0) is 21.0. The highest BCUT2D eigenvalue weighted by atomic mass is 35.5. The van der Waals surface area contributed by atoms with Gasteiger partial charge in [-0.1, -0.05) is 23.5 Å². The van der Waals surface area contributed by atoms with E-state index in [-0.39, 0.29) is 30.4 Å². The fourth-order valence-electron chi connectivity index (χ4n) is 2.86. The maximum atomic E-state index is 14.1. The second kappa shape index (κ2) is 10.7. The number of aromatic nitrogens is 1. The number of fused-ring (bicyclic) bond motifs is 1. The zero-order valence-corrected chi connectivity index (χ0v) is 18.7. The molecule has 3 aromatic rings. The van der Waals surface area contributed by atoms with Gasteiger partial charge in [0.15, 0.2) is 17.6 Å². The number of hydrogen-bond acceptors (Lipinski definition) is 5. The molecule has 30 heavy (non-hydrogen) atoms. The number of amides is 1. The molecular weight excluding hydrogens is 432 g/mol. The summed E-state index contributed by atoms with van der Waals surface area (Å²) in [5, 5.41) is 0.334. The SMILES string of the molecule is Cc1cccc(OCC(=O)N(CCCN(C)C)c2nc3c(F)cc(F)cc3s2)c1.Cl. The second-order valence-electron chi connectivity index (χ2n) is 7.04. The van der Waals surface area contributed by atoms with Crippen LogP contribution in [0.5, 0.6) is 5.75 Å². The van der Waals surface area contributed by atoms with Crippen molar-refractivity contribution < 1.29 is 18.3 Å². The fraction of sp³-hybridized carbons (Fsp3) is 0.333. The third-order valence-electron chi connectivity index (χ3n) is 4.27. The third-order valence-corrected chi connectivity index (χ3v) is 5.30. The summed E-state index contributed by atoms with van der Waals surface area (Å²) in [5.74, 6) is -1.09. The maximum absolute atomic E-state index is 14.1. The largest absolute Gasteiger partial charge is 0.484 e. The van der Waals surface area contributed by atoms with Gasteiger partial charge >= 0.3 is 0 Å². The highest BCUT2D eigenvalue weighted by Gasteiger charge is 2.21. The average Bonchev–Trinajstić information content (AvgIpc) is 3.07. The van der Waals surface area contributed by atoms with Crippen LogP contribution in [0.15, 0.2) is 36.4 Å². The van der Waals surface area contributed by atoms with Gasteiger partial charge in [-0.05, 0) is 57.7 Å². The van der Waals surface area contributed by atoms with Crippen LogP contribution in [0.3, 0.4) is 0 Å². The van der Waals surface area contributed by atoms with E-state index in [4.69, 9.17) is 4.74 Å². The molecule has 5 nitrogen and oxygen atoms in total. The van der Waals surface area contributed by atoms with Crippen LogP contribution in [0.25, 0.3) is 10.2 Å². The lowest BCUT2D eigenvalue weighted by atomic mass is 10.2. The van der Waals surface area contributed by atoms with Crippen molar-refractivity contribution in [3.05, 3.63) is 53.6 Å². The van der Waals surface area contributed by atoms with Crippen LogP contribution in [0, 0.1) is 18.6 Å². The molecule has 0 saturated heterocycles. The number of halogens is 3. The van der Waals surface area contributed by atoms with E-state index in [1.807, 2.05) is 44.1 Å². The number of hydrogen-bond donors (Lipinski definition) is 0. The topological polar surface area (TPSA) is 45.7 Å². The summed E-state index contributed by atoms with van der Waals surface area (Å²) in [6, 6.07) is 9.45. The predicted octanol–water partition coefficient (Wildman–Crippen LogP) is 4.67. The van der Waals surface area contributed by atoms with Crippen LogP contribution in [-0.4, -0.2) is 49.6 Å².